The Labute approximate surface area is 47.9 Å². The first kappa shape index (κ1) is 7.16. The Morgan fingerprint density at radius 3 is 2.75 bits per heavy atom. The number of terminal acetylenes is 1. The molecular formula is C6H7FO. The van der Waals surface area contributed by atoms with Crippen LogP contribution in [0.25, 0.3) is 0 Å². The minimum absolute atomic E-state index is 0.0375. The van der Waals surface area contributed by atoms with Crippen molar-refractivity contribution >= 4 is 6.04 Å². The standard InChI is InChI=1S/C6H7FO/c1-2-3-4-5-6(7)8/h1H,3-5H2. The number of carbonyl (C=O) groups excluding carboxylic acids is 1. The van der Waals surface area contributed by atoms with Gasteiger partial charge in [0.15, 0.2) is 0 Å². The number of unbranched alkanes of at least 4 members (excludes halogenated alkanes) is 1. The van der Waals surface area contributed by atoms with Gasteiger partial charge in [0, 0.05) is 12.8 Å². The highest BCUT2D eigenvalue weighted by Gasteiger charge is 1.93. The van der Waals surface area contributed by atoms with Crippen LogP contribution in [0.15, 0.2) is 0 Å². The summed E-state index contributed by atoms with van der Waals surface area (Å²) in [6.07, 6.45) is 5.74. The van der Waals surface area contributed by atoms with Crippen LogP contribution in [0.5, 0.6) is 0 Å². The topological polar surface area (TPSA) is 17.1 Å². The van der Waals surface area contributed by atoms with Gasteiger partial charge in [-0.25, -0.2) is 0 Å². The third-order valence-corrected chi connectivity index (χ3v) is 0.694. The fourth-order valence-corrected chi connectivity index (χ4v) is 0.329. The zero-order chi connectivity index (χ0) is 6.41. The highest BCUT2D eigenvalue weighted by molar-refractivity contribution is 5.67. The average Bonchev–Trinajstić information content (AvgIpc) is 1.66. The second-order valence-corrected chi connectivity index (χ2v) is 1.41. The van der Waals surface area contributed by atoms with Crippen LogP contribution in [0.3, 0.4) is 0 Å². The summed E-state index contributed by atoms with van der Waals surface area (Å²) in [6, 6.07) is -1.28. The molecule has 0 saturated heterocycles. The Morgan fingerprint density at radius 1 is 1.75 bits per heavy atom. The minimum atomic E-state index is -1.28. The third-order valence-electron chi connectivity index (χ3n) is 0.694. The molecule has 0 spiro atoms. The Hall–Kier alpha value is -0.840. The molecule has 0 aliphatic heterocycles. The van der Waals surface area contributed by atoms with Crippen molar-refractivity contribution in [3.8, 4) is 12.3 Å². The summed E-state index contributed by atoms with van der Waals surface area (Å²) < 4.78 is 11.3. The molecule has 0 aromatic rings. The van der Waals surface area contributed by atoms with E-state index < -0.39 is 6.04 Å². The van der Waals surface area contributed by atoms with Gasteiger partial charge in [0.1, 0.15) is 0 Å². The van der Waals surface area contributed by atoms with E-state index in [1.807, 2.05) is 0 Å². The number of carbonyl (C=O) groups is 1. The SMILES string of the molecule is C#CCCCC(=O)F. The first-order valence-corrected chi connectivity index (χ1v) is 2.39. The summed E-state index contributed by atoms with van der Waals surface area (Å²) in [7, 11) is 0. The van der Waals surface area contributed by atoms with Gasteiger partial charge in [-0.1, -0.05) is 0 Å². The van der Waals surface area contributed by atoms with Crippen LogP contribution >= 0.6 is 0 Å². The van der Waals surface area contributed by atoms with Crippen LogP contribution in [0.2, 0.25) is 0 Å². The van der Waals surface area contributed by atoms with Gasteiger partial charge < -0.3 is 0 Å². The smallest absolute Gasteiger partial charge is 0.261 e. The Balaban J connectivity index is 2.97. The van der Waals surface area contributed by atoms with Crippen molar-refractivity contribution in [1.82, 2.24) is 0 Å². The predicted molar refractivity (Wildman–Crippen MR) is 28.8 cm³/mol. The lowest BCUT2D eigenvalue weighted by Gasteiger charge is -1.83. The van der Waals surface area contributed by atoms with Gasteiger partial charge in [-0.2, -0.15) is 4.39 Å². The van der Waals surface area contributed by atoms with E-state index in [1.165, 1.54) is 0 Å². The molecule has 0 heterocycles. The van der Waals surface area contributed by atoms with Crippen molar-refractivity contribution in [1.29, 1.82) is 0 Å². The molecule has 0 rings (SSSR count). The van der Waals surface area contributed by atoms with Gasteiger partial charge in [0.2, 0.25) is 0 Å². The third kappa shape index (κ3) is 5.16. The van der Waals surface area contributed by atoms with Gasteiger partial charge in [-0.15, -0.1) is 12.3 Å². The molecule has 0 unspecified atom stereocenters. The van der Waals surface area contributed by atoms with Crippen LogP contribution in [-0.2, 0) is 4.79 Å². The molecule has 8 heavy (non-hydrogen) atoms. The van der Waals surface area contributed by atoms with Crippen molar-refractivity contribution in [2.75, 3.05) is 0 Å². The van der Waals surface area contributed by atoms with Gasteiger partial charge in [-0.05, 0) is 6.42 Å². The van der Waals surface area contributed by atoms with Gasteiger partial charge in [0.05, 0.1) is 0 Å². The molecule has 1 nitrogen and oxygen atoms in total. The van der Waals surface area contributed by atoms with Crippen molar-refractivity contribution in [3.63, 3.8) is 0 Å². The normalized spacial score (nSPS) is 8.00. The molecule has 2 heteroatoms. The van der Waals surface area contributed by atoms with E-state index >= 15 is 0 Å². The summed E-state index contributed by atoms with van der Waals surface area (Å²) in [5.41, 5.74) is 0. The number of rotatable bonds is 3. The van der Waals surface area contributed by atoms with E-state index in [2.05, 4.69) is 5.92 Å². The summed E-state index contributed by atoms with van der Waals surface area (Å²) in [5, 5.41) is 0. The largest absolute Gasteiger partial charge is 0.301 e. The van der Waals surface area contributed by atoms with E-state index in [9.17, 15) is 9.18 Å². The van der Waals surface area contributed by atoms with Gasteiger partial charge in [-0.3, -0.25) is 4.79 Å². The van der Waals surface area contributed by atoms with Crippen LogP contribution in [0, 0.1) is 12.3 Å². The number of hydrogen-bond donors (Lipinski definition) is 0. The van der Waals surface area contributed by atoms with Gasteiger partial charge >= 0.3 is 6.04 Å². The van der Waals surface area contributed by atoms with E-state index in [4.69, 9.17) is 6.42 Å². The molecule has 0 atom stereocenters. The van der Waals surface area contributed by atoms with E-state index in [0.29, 0.717) is 12.8 Å². The van der Waals surface area contributed by atoms with Crippen LogP contribution < -0.4 is 0 Å². The molecule has 0 aliphatic carbocycles. The summed E-state index contributed by atoms with van der Waals surface area (Å²) in [6.45, 7) is 0. The Kier molecular flexibility index (Phi) is 3.87. The predicted octanol–water partition coefficient (Wildman–Crippen LogP) is 1.29. The summed E-state index contributed by atoms with van der Waals surface area (Å²) >= 11 is 0. The van der Waals surface area contributed by atoms with E-state index in [-0.39, 0.29) is 6.42 Å². The molecule has 0 aliphatic rings. The zero-order valence-electron chi connectivity index (χ0n) is 4.48. The molecule has 0 saturated carbocycles. The molecule has 0 bridgehead atoms. The van der Waals surface area contributed by atoms with Crippen molar-refractivity contribution in [2.24, 2.45) is 0 Å². The average molecular weight is 114 g/mol. The molecule has 44 valence electrons. The lowest BCUT2D eigenvalue weighted by molar-refractivity contribution is -0.129. The van der Waals surface area contributed by atoms with Crippen molar-refractivity contribution in [3.05, 3.63) is 0 Å². The maximum atomic E-state index is 11.3. The second kappa shape index (κ2) is 4.32. The fraction of sp³-hybridized carbons (Fsp3) is 0.500. The number of halogens is 1. The molecule has 0 N–H and O–H groups in total. The fourth-order valence-electron chi connectivity index (χ4n) is 0.329. The first-order chi connectivity index (χ1) is 3.77. The first-order valence-electron chi connectivity index (χ1n) is 2.39. The molecule has 0 fully saturated rings. The summed E-state index contributed by atoms with van der Waals surface area (Å²) in [4.78, 5) is 9.58. The van der Waals surface area contributed by atoms with Crippen LogP contribution in [0.4, 0.5) is 4.39 Å². The minimum Gasteiger partial charge on any atom is -0.261 e. The zero-order valence-corrected chi connectivity index (χ0v) is 4.48. The quantitative estimate of drug-likeness (QED) is 0.307. The molecule has 0 aromatic heterocycles. The Morgan fingerprint density at radius 2 is 2.38 bits per heavy atom. The maximum absolute atomic E-state index is 11.3. The van der Waals surface area contributed by atoms with Crippen LogP contribution in [-0.4, -0.2) is 6.04 Å². The second-order valence-electron chi connectivity index (χ2n) is 1.41. The highest BCUT2D eigenvalue weighted by atomic mass is 19.1. The van der Waals surface area contributed by atoms with E-state index in [1.54, 1.807) is 0 Å². The molecule has 0 radical (unpaired) electrons. The van der Waals surface area contributed by atoms with Gasteiger partial charge in [0.25, 0.3) is 0 Å². The lowest BCUT2D eigenvalue weighted by Crippen LogP contribution is -1.85. The number of hydrogen-bond acceptors (Lipinski definition) is 1. The Bertz CT molecular complexity index is 112. The molecule has 0 aromatic carbocycles. The highest BCUT2D eigenvalue weighted by Crippen LogP contribution is 1.94. The molecule has 0 amide bonds. The van der Waals surface area contributed by atoms with Crippen molar-refractivity contribution in [2.45, 2.75) is 19.3 Å². The monoisotopic (exact) mass is 114 g/mol. The maximum Gasteiger partial charge on any atom is 0.301 e. The van der Waals surface area contributed by atoms with Crippen molar-refractivity contribution < 1.29 is 9.18 Å². The van der Waals surface area contributed by atoms with E-state index in [0.717, 1.165) is 0 Å². The van der Waals surface area contributed by atoms with Crippen LogP contribution in [0.1, 0.15) is 19.3 Å². The lowest BCUT2D eigenvalue weighted by atomic mass is 10.2. The molecular weight excluding hydrogens is 107 g/mol. The summed E-state index contributed by atoms with van der Waals surface area (Å²) in [5.74, 6) is 2.30.